The highest BCUT2D eigenvalue weighted by atomic mass is 35.5. The van der Waals surface area contributed by atoms with Crippen LogP contribution in [0.4, 0.5) is 5.69 Å². The third kappa shape index (κ3) is 6.22. The highest BCUT2D eigenvalue weighted by Gasteiger charge is 2.28. The van der Waals surface area contributed by atoms with Crippen LogP contribution in [0.3, 0.4) is 0 Å². The Hall–Kier alpha value is -3.30. The molecule has 0 spiro atoms. The zero-order chi connectivity index (χ0) is 27.4. The Labute approximate surface area is 235 Å². The molecule has 0 saturated heterocycles. The summed E-state index contributed by atoms with van der Waals surface area (Å²) >= 11 is 18.4. The predicted octanol–water partition coefficient (Wildman–Crippen LogP) is 6.87. The van der Waals surface area contributed by atoms with Crippen molar-refractivity contribution in [3.63, 3.8) is 0 Å². The van der Waals surface area contributed by atoms with Crippen molar-refractivity contribution < 1.29 is 17.6 Å². The quantitative estimate of drug-likeness (QED) is 0.179. The van der Waals surface area contributed by atoms with Gasteiger partial charge in [-0.25, -0.2) is 13.8 Å². The van der Waals surface area contributed by atoms with E-state index >= 15 is 0 Å². The van der Waals surface area contributed by atoms with Gasteiger partial charge in [-0.2, -0.15) is 5.10 Å². The van der Waals surface area contributed by atoms with E-state index in [0.717, 1.165) is 9.87 Å². The lowest BCUT2D eigenvalue weighted by Gasteiger charge is -2.25. The van der Waals surface area contributed by atoms with E-state index in [0.29, 0.717) is 37.7 Å². The van der Waals surface area contributed by atoms with Gasteiger partial charge in [0, 0.05) is 15.6 Å². The Balaban J connectivity index is 1.54. The van der Waals surface area contributed by atoms with Gasteiger partial charge < -0.3 is 4.42 Å². The summed E-state index contributed by atoms with van der Waals surface area (Å²) in [5.74, 6) is 0.177. The van der Waals surface area contributed by atoms with Crippen LogP contribution in [0.1, 0.15) is 16.9 Å². The molecule has 0 aliphatic carbocycles. The number of carbonyl (C=O) groups excluding carboxylic acids is 1. The number of benzene rings is 3. The number of amides is 1. The number of hydrazone groups is 1. The van der Waals surface area contributed by atoms with Crippen molar-refractivity contribution in [3.05, 3.63) is 105 Å². The summed E-state index contributed by atoms with van der Waals surface area (Å²) in [7, 11) is -4.10. The molecule has 196 valence electrons. The molecule has 0 radical (unpaired) electrons. The molecule has 4 aromatic rings. The number of anilines is 1. The largest absolute Gasteiger partial charge is 0.455 e. The van der Waals surface area contributed by atoms with Crippen LogP contribution in [-0.4, -0.2) is 27.1 Å². The summed E-state index contributed by atoms with van der Waals surface area (Å²) in [6, 6.07) is 19.6. The summed E-state index contributed by atoms with van der Waals surface area (Å²) in [4.78, 5) is 12.9. The SMILES string of the molecule is Cc1ccc(S(=O)(=O)N(CC(=O)N/N=C\c2ccc(-c3ccc(Cl)cc3Cl)o2)c2cccc(Cl)c2C)cc1. The van der Waals surface area contributed by atoms with Crippen LogP contribution in [0.2, 0.25) is 15.1 Å². The molecular weight excluding hydrogens is 569 g/mol. The number of furan rings is 1. The molecule has 0 bridgehead atoms. The monoisotopic (exact) mass is 589 g/mol. The molecule has 1 heterocycles. The average Bonchev–Trinajstić information content (AvgIpc) is 3.33. The molecule has 11 heteroatoms. The number of sulfonamides is 1. The number of nitrogens with one attached hydrogen (secondary N) is 1. The van der Waals surface area contributed by atoms with E-state index in [1.54, 1.807) is 67.6 Å². The molecule has 38 heavy (non-hydrogen) atoms. The maximum Gasteiger partial charge on any atom is 0.264 e. The van der Waals surface area contributed by atoms with Gasteiger partial charge in [-0.1, -0.05) is 58.6 Å². The van der Waals surface area contributed by atoms with Crippen molar-refractivity contribution in [2.45, 2.75) is 18.7 Å². The first-order valence-corrected chi connectivity index (χ1v) is 13.9. The van der Waals surface area contributed by atoms with Crippen molar-refractivity contribution in [1.29, 1.82) is 0 Å². The van der Waals surface area contributed by atoms with E-state index in [-0.39, 0.29) is 10.6 Å². The van der Waals surface area contributed by atoms with E-state index in [1.165, 1.54) is 18.3 Å². The minimum Gasteiger partial charge on any atom is -0.455 e. The third-order valence-corrected chi connectivity index (χ3v) is 8.34. The second-order valence-corrected chi connectivity index (χ2v) is 11.4. The van der Waals surface area contributed by atoms with Crippen LogP contribution < -0.4 is 9.73 Å². The standard InChI is InChI=1S/C27H22Cl3N3O4S/c1-17-6-10-21(11-7-17)38(35,36)33(25-5-3-4-23(29)18(25)2)16-27(34)32-31-15-20-9-13-26(37-20)22-12-8-19(28)14-24(22)30/h3-15H,16H2,1-2H3,(H,32,34)/b31-15-. The van der Waals surface area contributed by atoms with Gasteiger partial charge >= 0.3 is 0 Å². The Morgan fingerprint density at radius 2 is 1.71 bits per heavy atom. The highest BCUT2D eigenvalue weighted by Crippen LogP contribution is 2.32. The fourth-order valence-electron chi connectivity index (χ4n) is 3.59. The molecule has 0 saturated carbocycles. The van der Waals surface area contributed by atoms with Gasteiger partial charge in [0.1, 0.15) is 18.1 Å². The highest BCUT2D eigenvalue weighted by molar-refractivity contribution is 7.92. The summed E-state index contributed by atoms with van der Waals surface area (Å²) in [6.45, 7) is 3.01. The van der Waals surface area contributed by atoms with Crippen molar-refractivity contribution in [2.24, 2.45) is 5.10 Å². The Bertz CT molecular complexity index is 1620. The van der Waals surface area contributed by atoms with Gasteiger partial charge in [-0.05, 0) is 74.0 Å². The molecule has 0 aliphatic heterocycles. The van der Waals surface area contributed by atoms with Crippen molar-refractivity contribution in [2.75, 3.05) is 10.8 Å². The fourth-order valence-corrected chi connectivity index (χ4v) is 5.74. The summed E-state index contributed by atoms with van der Waals surface area (Å²) in [6.07, 6.45) is 1.30. The zero-order valence-corrected chi connectivity index (χ0v) is 23.4. The number of halogens is 3. The Morgan fingerprint density at radius 1 is 0.974 bits per heavy atom. The van der Waals surface area contributed by atoms with Crippen molar-refractivity contribution in [1.82, 2.24) is 5.43 Å². The topological polar surface area (TPSA) is 92.0 Å². The van der Waals surface area contributed by atoms with Crippen LogP contribution in [-0.2, 0) is 14.8 Å². The first-order chi connectivity index (χ1) is 18.1. The third-order valence-electron chi connectivity index (χ3n) is 5.61. The fraction of sp³-hybridized carbons (Fsp3) is 0.111. The second kappa shape index (κ2) is 11.6. The smallest absolute Gasteiger partial charge is 0.264 e. The van der Waals surface area contributed by atoms with Crippen molar-refractivity contribution >= 4 is 62.6 Å². The Kier molecular flexibility index (Phi) is 8.47. The lowest BCUT2D eigenvalue weighted by molar-refractivity contribution is -0.119. The number of hydrogen-bond donors (Lipinski definition) is 1. The van der Waals surface area contributed by atoms with E-state index in [9.17, 15) is 13.2 Å². The molecular formula is C27H22Cl3N3O4S. The normalized spacial score (nSPS) is 11.6. The molecule has 7 nitrogen and oxygen atoms in total. The molecule has 0 fully saturated rings. The van der Waals surface area contributed by atoms with Crippen LogP contribution in [0.5, 0.6) is 0 Å². The maximum absolute atomic E-state index is 13.6. The molecule has 1 aromatic heterocycles. The minimum atomic E-state index is -4.10. The summed E-state index contributed by atoms with van der Waals surface area (Å²) in [5.41, 5.74) is 4.71. The number of carbonyl (C=O) groups is 1. The van der Waals surface area contributed by atoms with E-state index in [1.807, 2.05) is 6.92 Å². The number of nitrogens with zero attached hydrogens (tertiary/aromatic N) is 2. The molecule has 0 atom stereocenters. The van der Waals surface area contributed by atoms with E-state index < -0.39 is 22.5 Å². The second-order valence-electron chi connectivity index (χ2n) is 8.33. The van der Waals surface area contributed by atoms with E-state index in [2.05, 4.69) is 10.5 Å². The summed E-state index contributed by atoms with van der Waals surface area (Å²) < 4.78 is 33.8. The average molecular weight is 591 g/mol. The lowest BCUT2D eigenvalue weighted by Crippen LogP contribution is -2.40. The number of rotatable bonds is 8. The van der Waals surface area contributed by atoms with Crippen molar-refractivity contribution in [3.8, 4) is 11.3 Å². The molecule has 1 N–H and O–H groups in total. The Morgan fingerprint density at radius 3 is 2.42 bits per heavy atom. The van der Waals surface area contributed by atoms with Gasteiger partial charge in [0.15, 0.2) is 0 Å². The predicted molar refractivity (Wildman–Crippen MR) is 152 cm³/mol. The number of aryl methyl sites for hydroxylation is 1. The number of hydrogen-bond acceptors (Lipinski definition) is 5. The van der Waals surface area contributed by atoms with Gasteiger partial charge in [-0.15, -0.1) is 0 Å². The van der Waals surface area contributed by atoms with Crippen LogP contribution >= 0.6 is 34.8 Å². The van der Waals surface area contributed by atoms with Crippen LogP contribution in [0.25, 0.3) is 11.3 Å². The first kappa shape index (κ1) is 27.7. The van der Waals surface area contributed by atoms with Gasteiger partial charge in [0.2, 0.25) is 0 Å². The zero-order valence-electron chi connectivity index (χ0n) is 20.3. The van der Waals surface area contributed by atoms with Gasteiger partial charge in [0.05, 0.1) is 21.8 Å². The minimum absolute atomic E-state index is 0.0442. The van der Waals surface area contributed by atoms with Crippen LogP contribution in [0.15, 0.2) is 87.2 Å². The molecule has 4 rings (SSSR count). The van der Waals surface area contributed by atoms with Crippen LogP contribution in [0, 0.1) is 13.8 Å². The lowest BCUT2D eigenvalue weighted by atomic mass is 10.2. The molecule has 0 unspecified atom stereocenters. The first-order valence-electron chi connectivity index (χ1n) is 11.3. The molecule has 1 amide bonds. The maximum atomic E-state index is 13.6. The van der Waals surface area contributed by atoms with Gasteiger partial charge in [0.25, 0.3) is 15.9 Å². The summed E-state index contributed by atoms with van der Waals surface area (Å²) in [5, 5.41) is 5.22. The van der Waals surface area contributed by atoms with Gasteiger partial charge in [-0.3, -0.25) is 9.10 Å². The molecule has 3 aromatic carbocycles. The molecule has 0 aliphatic rings. The van der Waals surface area contributed by atoms with E-state index in [4.69, 9.17) is 39.2 Å².